The molecule has 8 nitrogen and oxygen atoms in total. The number of rotatable bonds is 5. The van der Waals surface area contributed by atoms with Gasteiger partial charge in [-0.05, 0) is 24.6 Å². The van der Waals surface area contributed by atoms with Gasteiger partial charge in [-0.2, -0.15) is 0 Å². The molecule has 0 aliphatic carbocycles. The summed E-state index contributed by atoms with van der Waals surface area (Å²) < 4.78 is 5.52. The maximum atomic E-state index is 13.1. The fraction of sp³-hybridized carbons (Fsp3) is 0.261. The predicted octanol–water partition coefficient (Wildman–Crippen LogP) is 2.53. The summed E-state index contributed by atoms with van der Waals surface area (Å²) in [6.07, 6.45) is 4.13. The molecule has 0 radical (unpaired) electrons. The van der Waals surface area contributed by atoms with Crippen LogP contribution < -0.4 is 21.7 Å². The Bertz CT molecular complexity index is 1060. The van der Waals surface area contributed by atoms with Gasteiger partial charge >= 0.3 is 0 Å². The number of carbonyl (C=O) groups excluding carboxylic acids is 1. The lowest BCUT2D eigenvalue weighted by molar-refractivity contribution is 0.0836. The number of methoxy groups -OCH3 is 1. The molecule has 1 aromatic carbocycles. The summed E-state index contributed by atoms with van der Waals surface area (Å²) in [6, 6.07) is 15.0. The number of carbonyl (C=O) groups is 1. The van der Waals surface area contributed by atoms with Crippen molar-refractivity contribution in [1.82, 2.24) is 9.97 Å². The molecule has 0 spiro atoms. The zero-order valence-electron chi connectivity index (χ0n) is 17.4. The minimum Gasteiger partial charge on any atom is -0.397 e. The van der Waals surface area contributed by atoms with E-state index in [1.807, 2.05) is 36.4 Å². The zero-order chi connectivity index (χ0) is 21.8. The number of pyridine rings is 2. The Balaban J connectivity index is 1.60. The number of piperidine rings is 1. The first-order valence-corrected chi connectivity index (χ1v) is 10.2. The van der Waals surface area contributed by atoms with Crippen molar-refractivity contribution in [2.45, 2.75) is 18.6 Å². The highest BCUT2D eigenvalue weighted by molar-refractivity contribution is 6.07. The molecule has 5 N–H and O–H groups in total. The van der Waals surface area contributed by atoms with Crippen LogP contribution in [0.4, 0.5) is 17.1 Å². The Labute approximate surface area is 181 Å². The minimum atomic E-state index is -0.394. The quantitative estimate of drug-likeness (QED) is 0.582. The Kier molecular flexibility index (Phi) is 6.11. The second-order valence-corrected chi connectivity index (χ2v) is 7.61. The maximum absolute atomic E-state index is 13.1. The maximum Gasteiger partial charge on any atom is 0.276 e. The summed E-state index contributed by atoms with van der Waals surface area (Å²) in [7, 11) is 1.68. The van der Waals surface area contributed by atoms with E-state index in [0.717, 1.165) is 17.7 Å². The first kappa shape index (κ1) is 20.8. The third-order valence-electron chi connectivity index (χ3n) is 5.38. The van der Waals surface area contributed by atoms with Crippen molar-refractivity contribution in [2.75, 3.05) is 36.1 Å². The van der Waals surface area contributed by atoms with Gasteiger partial charge in [-0.3, -0.25) is 9.78 Å². The fourth-order valence-electron chi connectivity index (χ4n) is 3.82. The predicted molar refractivity (Wildman–Crippen MR) is 122 cm³/mol. The summed E-state index contributed by atoms with van der Waals surface area (Å²) in [5.41, 5.74) is 15.8. The van der Waals surface area contributed by atoms with Crippen LogP contribution >= 0.6 is 0 Å². The third kappa shape index (κ3) is 4.65. The molecule has 2 atom stereocenters. The molecule has 3 aromatic rings. The van der Waals surface area contributed by atoms with Crippen LogP contribution in [0.5, 0.6) is 0 Å². The molecule has 2 unspecified atom stereocenters. The molecule has 2 aromatic heterocycles. The fourth-order valence-corrected chi connectivity index (χ4v) is 3.82. The molecule has 1 aliphatic heterocycles. The van der Waals surface area contributed by atoms with E-state index in [0.29, 0.717) is 30.2 Å². The first-order valence-electron chi connectivity index (χ1n) is 10.2. The number of nitrogens with zero attached hydrogens (tertiary/aromatic N) is 3. The van der Waals surface area contributed by atoms with Crippen molar-refractivity contribution < 1.29 is 9.53 Å². The lowest BCUT2D eigenvalue weighted by Gasteiger charge is -2.37. The van der Waals surface area contributed by atoms with Gasteiger partial charge in [-0.15, -0.1) is 0 Å². The summed E-state index contributed by atoms with van der Waals surface area (Å²) in [5, 5.41) is 2.92. The van der Waals surface area contributed by atoms with Crippen molar-refractivity contribution in [3.05, 3.63) is 66.6 Å². The number of hydrogen-bond donors (Lipinski definition) is 3. The lowest BCUT2D eigenvalue weighted by atomic mass is 10.0. The average Bonchev–Trinajstić information content (AvgIpc) is 2.79. The summed E-state index contributed by atoms with van der Waals surface area (Å²) >= 11 is 0. The highest BCUT2D eigenvalue weighted by Crippen LogP contribution is 2.29. The van der Waals surface area contributed by atoms with Gasteiger partial charge in [0.25, 0.3) is 5.91 Å². The van der Waals surface area contributed by atoms with Gasteiger partial charge in [0, 0.05) is 38.0 Å². The van der Waals surface area contributed by atoms with Crippen LogP contribution in [0.15, 0.2) is 60.9 Å². The van der Waals surface area contributed by atoms with E-state index >= 15 is 0 Å². The molecule has 0 bridgehead atoms. The molecule has 0 saturated carbocycles. The Morgan fingerprint density at radius 1 is 1.16 bits per heavy atom. The SMILES string of the molecule is COC1CC(N)CN(c2ccncc2NC(=O)c2nc(-c3ccccc3)ccc2N)C1. The molecule has 4 rings (SSSR count). The third-order valence-corrected chi connectivity index (χ3v) is 5.38. The first-order chi connectivity index (χ1) is 15.0. The van der Waals surface area contributed by atoms with E-state index < -0.39 is 5.91 Å². The average molecular weight is 419 g/mol. The molecule has 1 aliphatic rings. The minimum absolute atomic E-state index is 0.0183. The zero-order valence-corrected chi connectivity index (χ0v) is 17.4. The van der Waals surface area contributed by atoms with Gasteiger partial charge in [-0.25, -0.2) is 4.98 Å². The highest BCUT2D eigenvalue weighted by Gasteiger charge is 2.27. The van der Waals surface area contributed by atoms with Gasteiger partial charge < -0.3 is 26.4 Å². The van der Waals surface area contributed by atoms with E-state index in [1.165, 1.54) is 0 Å². The number of amides is 1. The smallest absolute Gasteiger partial charge is 0.276 e. The molecule has 1 saturated heterocycles. The lowest BCUT2D eigenvalue weighted by Crippen LogP contribution is -2.50. The summed E-state index contributed by atoms with van der Waals surface area (Å²) in [6.45, 7) is 1.34. The van der Waals surface area contributed by atoms with Crippen LogP contribution in [0, 0.1) is 0 Å². The van der Waals surface area contributed by atoms with E-state index in [9.17, 15) is 4.79 Å². The molecule has 8 heteroatoms. The monoisotopic (exact) mass is 418 g/mol. The van der Waals surface area contributed by atoms with Crippen molar-refractivity contribution in [2.24, 2.45) is 5.73 Å². The second-order valence-electron chi connectivity index (χ2n) is 7.61. The molecule has 160 valence electrons. The molecule has 1 amide bonds. The van der Waals surface area contributed by atoms with Crippen molar-refractivity contribution in [1.29, 1.82) is 0 Å². The number of anilines is 3. The number of nitrogens with two attached hydrogens (primary N) is 2. The van der Waals surface area contributed by atoms with Crippen LogP contribution in [0.2, 0.25) is 0 Å². The summed E-state index contributed by atoms with van der Waals surface area (Å²) in [4.78, 5) is 23.9. The van der Waals surface area contributed by atoms with E-state index in [-0.39, 0.29) is 17.8 Å². The van der Waals surface area contributed by atoms with Crippen molar-refractivity contribution in [3.8, 4) is 11.3 Å². The van der Waals surface area contributed by atoms with E-state index in [4.69, 9.17) is 16.2 Å². The van der Waals surface area contributed by atoms with Gasteiger partial charge in [0.15, 0.2) is 5.69 Å². The van der Waals surface area contributed by atoms with Crippen LogP contribution in [-0.2, 0) is 4.74 Å². The van der Waals surface area contributed by atoms with E-state index in [1.54, 1.807) is 31.6 Å². The Morgan fingerprint density at radius 3 is 2.74 bits per heavy atom. The number of nitrogens with one attached hydrogen (secondary N) is 1. The molecular weight excluding hydrogens is 392 g/mol. The topological polar surface area (TPSA) is 119 Å². The van der Waals surface area contributed by atoms with Crippen LogP contribution in [-0.4, -0.2) is 48.2 Å². The normalized spacial score (nSPS) is 18.6. The standard InChI is InChI=1S/C23H26N6O2/c1-31-17-11-16(24)13-29(14-17)21-9-10-26-12-20(21)28-23(30)22-18(25)7-8-19(27-22)15-5-3-2-4-6-15/h2-10,12,16-17H,11,13-14,24-25H2,1H3,(H,28,30). The number of nitrogen functional groups attached to an aromatic ring is 1. The largest absolute Gasteiger partial charge is 0.397 e. The number of ether oxygens (including phenoxy) is 1. The Morgan fingerprint density at radius 2 is 1.97 bits per heavy atom. The Hall–Kier alpha value is -3.49. The van der Waals surface area contributed by atoms with Gasteiger partial charge in [0.2, 0.25) is 0 Å². The number of aromatic nitrogens is 2. The van der Waals surface area contributed by atoms with Crippen LogP contribution in [0.1, 0.15) is 16.9 Å². The second kappa shape index (κ2) is 9.11. The molecule has 1 fully saturated rings. The van der Waals surface area contributed by atoms with Gasteiger partial charge in [0.1, 0.15) is 0 Å². The molecule has 3 heterocycles. The van der Waals surface area contributed by atoms with Crippen LogP contribution in [0.25, 0.3) is 11.3 Å². The van der Waals surface area contributed by atoms with Crippen LogP contribution in [0.3, 0.4) is 0 Å². The summed E-state index contributed by atoms with van der Waals surface area (Å²) in [5.74, 6) is -0.394. The van der Waals surface area contributed by atoms with Crippen molar-refractivity contribution >= 4 is 23.0 Å². The van der Waals surface area contributed by atoms with Gasteiger partial charge in [0.05, 0.1) is 35.1 Å². The number of hydrogen-bond acceptors (Lipinski definition) is 7. The molecule has 31 heavy (non-hydrogen) atoms. The van der Waals surface area contributed by atoms with Crippen molar-refractivity contribution in [3.63, 3.8) is 0 Å². The van der Waals surface area contributed by atoms with E-state index in [2.05, 4.69) is 20.2 Å². The number of benzene rings is 1. The highest BCUT2D eigenvalue weighted by atomic mass is 16.5. The van der Waals surface area contributed by atoms with Gasteiger partial charge in [-0.1, -0.05) is 30.3 Å². The molecular formula is C23H26N6O2.